The number of methoxy groups -OCH3 is 5. The number of ether oxygens (including phenoxy) is 5. The molecule has 1 heterocycles. The van der Waals surface area contributed by atoms with Gasteiger partial charge in [0.1, 0.15) is 28.6 Å². The van der Waals surface area contributed by atoms with Crippen LogP contribution in [0.5, 0.6) is 28.9 Å². The van der Waals surface area contributed by atoms with Gasteiger partial charge in [-0.3, -0.25) is 4.68 Å². The zero-order valence-electron chi connectivity index (χ0n) is 19.7. The Bertz CT molecular complexity index is 1120. The number of rotatable bonds is 9. The van der Waals surface area contributed by atoms with Crippen LogP contribution in [0.3, 0.4) is 0 Å². The Balaban J connectivity index is 0.00000408. The van der Waals surface area contributed by atoms with Crippen LogP contribution in [0.2, 0.25) is 0 Å². The van der Waals surface area contributed by atoms with Crippen LogP contribution in [0, 0.1) is 0 Å². The van der Waals surface area contributed by atoms with Crippen molar-refractivity contribution in [2.24, 2.45) is 0 Å². The van der Waals surface area contributed by atoms with E-state index >= 15 is 0 Å². The molecule has 2 aromatic carbocycles. The van der Waals surface area contributed by atoms with Gasteiger partial charge in [0, 0.05) is 29.7 Å². The second kappa shape index (κ2) is 11.0. The Hall–Kier alpha value is -3.60. The van der Waals surface area contributed by atoms with E-state index in [4.69, 9.17) is 23.7 Å². The molecule has 0 unspecified atom stereocenters. The standard InChI is InChI=1S/C23H25F3N2O5.H3N/c1-29-16-8-6-14(19(11-16)31-3)10-18-21(23(24,25)26)22(33-5)27-28(18)13-15-7-9-17(30-2)12-20(15)32-4;/h6-9,11-12H,10,13H2,1-5H3;1H3. The van der Waals surface area contributed by atoms with Crippen molar-refractivity contribution in [3.63, 3.8) is 0 Å². The number of hydrogen-bond acceptors (Lipinski definition) is 7. The summed E-state index contributed by atoms with van der Waals surface area (Å²) in [7, 11) is 7.10. The van der Waals surface area contributed by atoms with E-state index in [2.05, 4.69) is 5.10 Å². The Morgan fingerprint density at radius 1 is 0.765 bits per heavy atom. The summed E-state index contributed by atoms with van der Waals surface area (Å²) in [5, 5.41) is 4.12. The highest BCUT2D eigenvalue weighted by Crippen LogP contribution is 2.41. The predicted octanol–water partition coefficient (Wildman–Crippen LogP) is 4.75. The quantitative estimate of drug-likeness (QED) is 0.469. The normalized spacial score (nSPS) is 10.9. The molecule has 34 heavy (non-hydrogen) atoms. The summed E-state index contributed by atoms with van der Waals surface area (Å²) >= 11 is 0. The third-order valence-corrected chi connectivity index (χ3v) is 5.17. The first-order chi connectivity index (χ1) is 15.7. The zero-order chi connectivity index (χ0) is 24.2. The molecule has 0 saturated carbocycles. The molecule has 186 valence electrons. The van der Waals surface area contributed by atoms with Crippen LogP contribution in [-0.4, -0.2) is 45.3 Å². The second-order valence-electron chi connectivity index (χ2n) is 7.02. The van der Waals surface area contributed by atoms with E-state index in [-0.39, 0.29) is 24.8 Å². The molecule has 0 aliphatic carbocycles. The average molecular weight is 483 g/mol. The fourth-order valence-corrected chi connectivity index (χ4v) is 3.53. The van der Waals surface area contributed by atoms with Gasteiger partial charge >= 0.3 is 6.18 Å². The van der Waals surface area contributed by atoms with E-state index in [0.717, 1.165) is 7.11 Å². The van der Waals surface area contributed by atoms with Gasteiger partial charge in [0.15, 0.2) is 0 Å². The van der Waals surface area contributed by atoms with Crippen molar-refractivity contribution in [2.75, 3.05) is 35.5 Å². The van der Waals surface area contributed by atoms with E-state index in [9.17, 15) is 13.2 Å². The summed E-state index contributed by atoms with van der Waals surface area (Å²) in [4.78, 5) is 0. The number of nitrogens with zero attached hydrogens (tertiary/aromatic N) is 2. The Labute approximate surface area is 195 Å². The first-order valence-electron chi connectivity index (χ1n) is 9.88. The molecular formula is C23H28F3N3O5. The summed E-state index contributed by atoms with van der Waals surface area (Å²) in [6.07, 6.45) is -4.78. The van der Waals surface area contributed by atoms with Gasteiger partial charge in [-0.05, 0) is 18.2 Å². The third kappa shape index (κ3) is 5.48. The lowest BCUT2D eigenvalue weighted by Gasteiger charge is -2.16. The summed E-state index contributed by atoms with van der Waals surface area (Å²) < 4.78 is 69.7. The molecule has 11 heteroatoms. The first-order valence-corrected chi connectivity index (χ1v) is 9.88. The van der Waals surface area contributed by atoms with E-state index in [1.165, 1.54) is 33.1 Å². The summed E-state index contributed by atoms with van der Waals surface area (Å²) in [5.41, 5.74) is 0.158. The highest BCUT2D eigenvalue weighted by atomic mass is 19.4. The number of halogens is 3. The largest absolute Gasteiger partial charge is 0.497 e. The van der Waals surface area contributed by atoms with Gasteiger partial charge in [0.2, 0.25) is 5.88 Å². The molecule has 3 N–H and O–H groups in total. The molecular weight excluding hydrogens is 455 g/mol. The van der Waals surface area contributed by atoms with Crippen LogP contribution in [-0.2, 0) is 19.1 Å². The van der Waals surface area contributed by atoms with Crippen molar-refractivity contribution >= 4 is 0 Å². The van der Waals surface area contributed by atoms with Gasteiger partial charge < -0.3 is 29.8 Å². The van der Waals surface area contributed by atoms with Crippen LogP contribution in [0.25, 0.3) is 0 Å². The van der Waals surface area contributed by atoms with Crippen molar-refractivity contribution in [1.82, 2.24) is 15.9 Å². The van der Waals surface area contributed by atoms with Crippen LogP contribution < -0.4 is 29.8 Å². The van der Waals surface area contributed by atoms with Crippen LogP contribution in [0.4, 0.5) is 13.2 Å². The summed E-state index contributed by atoms with van der Waals surface area (Å²) in [6.45, 7) is 0.0212. The second-order valence-corrected chi connectivity index (χ2v) is 7.02. The maximum Gasteiger partial charge on any atom is 0.423 e. The fourth-order valence-electron chi connectivity index (χ4n) is 3.53. The van der Waals surface area contributed by atoms with Crippen molar-refractivity contribution in [3.05, 3.63) is 58.8 Å². The van der Waals surface area contributed by atoms with Gasteiger partial charge in [-0.1, -0.05) is 6.07 Å². The van der Waals surface area contributed by atoms with Crippen molar-refractivity contribution in [1.29, 1.82) is 0 Å². The smallest absolute Gasteiger partial charge is 0.423 e. The van der Waals surface area contributed by atoms with Gasteiger partial charge in [0.25, 0.3) is 0 Å². The first kappa shape index (κ1) is 26.7. The Morgan fingerprint density at radius 3 is 1.76 bits per heavy atom. The molecule has 0 radical (unpaired) electrons. The monoisotopic (exact) mass is 483 g/mol. The molecule has 0 fully saturated rings. The fraction of sp³-hybridized carbons (Fsp3) is 0.348. The van der Waals surface area contributed by atoms with Crippen molar-refractivity contribution < 1.29 is 36.9 Å². The van der Waals surface area contributed by atoms with Crippen molar-refractivity contribution in [2.45, 2.75) is 19.1 Å². The lowest BCUT2D eigenvalue weighted by atomic mass is 10.0. The maximum absolute atomic E-state index is 14.1. The van der Waals surface area contributed by atoms with E-state index in [0.29, 0.717) is 34.1 Å². The molecule has 3 aromatic rings. The number of hydrogen-bond donors (Lipinski definition) is 1. The maximum atomic E-state index is 14.1. The summed E-state index contributed by atoms with van der Waals surface area (Å²) in [6, 6.07) is 10.0. The summed E-state index contributed by atoms with van der Waals surface area (Å²) in [5.74, 6) is 1.45. The minimum absolute atomic E-state index is 0. The minimum atomic E-state index is -4.68. The molecule has 0 saturated heterocycles. The molecule has 0 atom stereocenters. The molecule has 0 aliphatic heterocycles. The lowest BCUT2D eigenvalue weighted by molar-refractivity contribution is -0.139. The Kier molecular flexibility index (Phi) is 8.63. The third-order valence-electron chi connectivity index (χ3n) is 5.17. The van der Waals surface area contributed by atoms with Gasteiger partial charge in [-0.25, -0.2) is 0 Å². The van der Waals surface area contributed by atoms with Crippen LogP contribution in [0.1, 0.15) is 22.4 Å². The van der Waals surface area contributed by atoms with Gasteiger partial charge in [0.05, 0.1) is 47.8 Å². The van der Waals surface area contributed by atoms with E-state index < -0.39 is 17.6 Å². The highest BCUT2D eigenvalue weighted by molar-refractivity contribution is 5.46. The average Bonchev–Trinajstić information content (AvgIpc) is 3.16. The molecule has 1 aromatic heterocycles. The molecule has 0 bridgehead atoms. The van der Waals surface area contributed by atoms with Crippen LogP contribution >= 0.6 is 0 Å². The lowest BCUT2D eigenvalue weighted by Crippen LogP contribution is -2.14. The van der Waals surface area contributed by atoms with E-state index in [1.54, 1.807) is 36.4 Å². The molecule has 3 rings (SSSR count). The molecule has 0 amide bonds. The van der Waals surface area contributed by atoms with Gasteiger partial charge in [-0.2, -0.15) is 13.2 Å². The predicted molar refractivity (Wildman–Crippen MR) is 120 cm³/mol. The van der Waals surface area contributed by atoms with E-state index in [1.807, 2.05) is 0 Å². The molecule has 0 spiro atoms. The molecule has 0 aliphatic rings. The number of benzene rings is 2. The topological polar surface area (TPSA) is 99.0 Å². The minimum Gasteiger partial charge on any atom is -0.497 e. The van der Waals surface area contributed by atoms with Crippen LogP contribution in [0.15, 0.2) is 36.4 Å². The number of aromatic nitrogens is 2. The Morgan fingerprint density at radius 2 is 1.29 bits per heavy atom. The zero-order valence-corrected chi connectivity index (χ0v) is 19.7. The van der Waals surface area contributed by atoms with Crippen molar-refractivity contribution in [3.8, 4) is 28.9 Å². The SMILES string of the molecule is COc1ccc(Cc2c(C(F)(F)F)c(OC)nn2Cc2ccc(OC)cc2OC)c(OC)c1.N. The molecule has 8 nitrogen and oxygen atoms in total. The highest BCUT2D eigenvalue weighted by Gasteiger charge is 2.41. The van der Waals surface area contributed by atoms with Gasteiger partial charge in [-0.15, -0.1) is 5.10 Å². The number of alkyl halides is 3.